The zero-order valence-electron chi connectivity index (χ0n) is 17.8. The number of piperidine rings is 1. The van der Waals surface area contributed by atoms with Crippen molar-refractivity contribution in [1.82, 2.24) is 24.1 Å². The van der Waals surface area contributed by atoms with Crippen LogP contribution < -0.4 is 5.32 Å². The van der Waals surface area contributed by atoms with E-state index in [1.165, 1.54) is 0 Å². The van der Waals surface area contributed by atoms with Gasteiger partial charge in [0.05, 0.1) is 16.7 Å². The number of anilines is 1. The summed E-state index contributed by atoms with van der Waals surface area (Å²) in [6.07, 6.45) is 1.67. The Morgan fingerprint density at radius 3 is 2.39 bits per heavy atom. The Bertz CT molecular complexity index is 823. The monoisotopic (exact) mass is 462 g/mol. The van der Waals surface area contributed by atoms with Crippen molar-refractivity contribution < 1.29 is 22.5 Å². The summed E-state index contributed by atoms with van der Waals surface area (Å²) in [7, 11) is -1.34. The smallest absolute Gasteiger partial charge is 0.396 e. The molecule has 1 aliphatic rings. The predicted molar refractivity (Wildman–Crippen MR) is 111 cm³/mol. The fraction of sp³-hybridized carbons (Fsp3) is 0.632. The molecule has 2 aromatic rings. The molecule has 2 N–H and O–H groups in total. The second-order valence-electron chi connectivity index (χ2n) is 7.08. The van der Waals surface area contributed by atoms with Crippen molar-refractivity contribution in [2.24, 2.45) is 5.92 Å². The van der Waals surface area contributed by atoms with Crippen LogP contribution in [-0.2, 0) is 23.7 Å². The zero-order valence-corrected chi connectivity index (χ0v) is 18.7. The number of hydrogen-bond acceptors (Lipinski definition) is 6. The molecule has 1 saturated heterocycles. The van der Waals surface area contributed by atoms with Crippen LogP contribution in [0, 0.1) is 5.92 Å². The van der Waals surface area contributed by atoms with Crippen LogP contribution in [-0.4, -0.2) is 59.1 Å². The molecule has 2 atom stereocenters. The van der Waals surface area contributed by atoms with E-state index < -0.39 is 22.7 Å². The molecule has 3 rings (SSSR count). The third kappa shape index (κ3) is 7.25. The van der Waals surface area contributed by atoms with Crippen LogP contribution in [0.3, 0.4) is 0 Å². The molecule has 12 heteroatoms. The highest BCUT2D eigenvalue weighted by Crippen LogP contribution is 2.28. The lowest BCUT2D eigenvalue weighted by Crippen LogP contribution is -2.40. The van der Waals surface area contributed by atoms with Gasteiger partial charge in [-0.05, 0) is 18.8 Å². The van der Waals surface area contributed by atoms with E-state index in [0.29, 0.717) is 37.4 Å². The van der Waals surface area contributed by atoms with E-state index in [1.807, 2.05) is 25.1 Å². The molecule has 1 fully saturated rings. The van der Waals surface area contributed by atoms with Crippen molar-refractivity contribution in [3.63, 3.8) is 0 Å². The van der Waals surface area contributed by atoms with Gasteiger partial charge in [0, 0.05) is 50.9 Å². The number of nitrogens with zero attached hydrogens (tertiary/aromatic N) is 5. The highest BCUT2D eigenvalue weighted by atomic mass is 32.2. The lowest BCUT2D eigenvalue weighted by molar-refractivity contribution is -0.138. The molecule has 0 aromatic carbocycles. The standard InChI is InChI=1S/C17H23F3N6O2S.C2H6/c1-12(11-27)9-25-10-15(8-23-25)29(28)26-4-2-14(3-5-26)24-16-21-6-13(7-22-16)17(18,19)20;1-2/h6-8,10,12,14,27H,2-5,9,11H2,1H3,(H,21,22,24);1-2H3. The van der Waals surface area contributed by atoms with E-state index in [2.05, 4.69) is 20.4 Å². The lowest BCUT2D eigenvalue weighted by atomic mass is 10.1. The number of halogens is 3. The molecule has 0 radical (unpaired) electrons. The minimum atomic E-state index is -4.46. The van der Waals surface area contributed by atoms with E-state index in [0.717, 1.165) is 12.4 Å². The summed E-state index contributed by atoms with van der Waals surface area (Å²) < 4.78 is 54.0. The van der Waals surface area contributed by atoms with Gasteiger partial charge in [-0.3, -0.25) is 4.68 Å². The number of hydrogen-bond donors (Lipinski definition) is 2. The zero-order chi connectivity index (χ0) is 23.0. The maximum atomic E-state index is 12.7. The summed E-state index contributed by atoms with van der Waals surface area (Å²) in [5.74, 6) is 0.210. The van der Waals surface area contributed by atoms with Crippen LogP contribution in [0.25, 0.3) is 0 Å². The first-order valence-electron chi connectivity index (χ1n) is 10.2. The minimum absolute atomic E-state index is 0.00638. The largest absolute Gasteiger partial charge is 0.419 e. The molecule has 0 amide bonds. The van der Waals surface area contributed by atoms with Gasteiger partial charge in [0.2, 0.25) is 5.95 Å². The van der Waals surface area contributed by atoms with E-state index in [-0.39, 0.29) is 24.5 Å². The Kier molecular flexibility index (Phi) is 9.38. The van der Waals surface area contributed by atoms with Crippen LogP contribution >= 0.6 is 0 Å². The molecule has 1 aliphatic heterocycles. The van der Waals surface area contributed by atoms with E-state index in [9.17, 15) is 17.4 Å². The van der Waals surface area contributed by atoms with Crippen LogP contribution in [0.4, 0.5) is 19.1 Å². The van der Waals surface area contributed by atoms with Gasteiger partial charge in [-0.2, -0.15) is 18.3 Å². The molecule has 0 spiro atoms. The number of alkyl halides is 3. The number of aliphatic hydroxyl groups excluding tert-OH is 1. The SMILES string of the molecule is CC.CC(CO)Cn1cc(S(=O)N2CCC(Nc3ncc(C(F)(F)F)cn3)CC2)cn1. The first-order valence-corrected chi connectivity index (χ1v) is 11.3. The number of aliphatic hydroxyl groups is 1. The summed E-state index contributed by atoms with van der Waals surface area (Å²) in [5, 5.41) is 16.3. The Hall–Kier alpha value is -2.05. The van der Waals surface area contributed by atoms with E-state index in [1.54, 1.807) is 17.1 Å². The van der Waals surface area contributed by atoms with Gasteiger partial charge >= 0.3 is 6.18 Å². The minimum Gasteiger partial charge on any atom is -0.396 e. The molecular weight excluding hydrogens is 433 g/mol. The van der Waals surface area contributed by atoms with Gasteiger partial charge in [-0.1, -0.05) is 20.8 Å². The Morgan fingerprint density at radius 1 is 1.23 bits per heavy atom. The maximum absolute atomic E-state index is 12.7. The quantitative estimate of drug-likeness (QED) is 0.657. The summed E-state index contributed by atoms with van der Waals surface area (Å²) in [5.41, 5.74) is -0.887. The van der Waals surface area contributed by atoms with Crippen LogP contribution in [0.5, 0.6) is 0 Å². The predicted octanol–water partition coefficient (Wildman–Crippen LogP) is 2.95. The molecule has 0 bridgehead atoms. The molecule has 0 aliphatic carbocycles. The molecule has 0 saturated carbocycles. The topological polar surface area (TPSA) is 96.2 Å². The number of nitrogens with one attached hydrogen (secondary N) is 1. The fourth-order valence-electron chi connectivity index (χ4n) is 2.96. The van der Waals surface area contributed by atoms with E-state index >= 15 is 0 Å². The lowest BCUT2D eigenvalue weighted by Gasteiger charge is -2.30. The highest BCUT2D eigenvalue weighted by molar-refractivity contribution is 7.82. The van der Waals surface area contributed by atoms with Gasteiger partial charge in [-0.25, -0.2) is 18.5 Å². The van der Waals surface area contributed by atoms with Crippen LogP contribution in [0.2, 0.25) is 0 Å². The van der Waals surface area contributed by atoms with Crippen molar-refractivity contribution in [1.29, 1.82) is 0 Å². The summed E-state index contributed by atoms with van der Waals surface area (Å²) in [6, 6.07) is -0.00638. The molecule has 174 valence electrons. The fourth-order valence-corrected chi connectivity index (χ4v) is 4.15. The van der Waals surface area contributed by atoms with Crippen LogP contribution in [0.15, 0.2) is 29.7 Å². The first-order chi connectivity index (χ1) is 14.8. The molecular formula is C19H29F3N6O2S. The van der Waals surface area contributed by atoms with Gasteiger partial charge in [0.25, 0.3) is 0 Å². The van der Waals surface area contributed by atoms with E-state index in [4.69, 9.17) is 5.11 Å². The second-order valence-corrected chi connectivity index (χ2v) is 8.56. The molecule has 8 nitrogen and oxygen atoms in total. The van der Waals surface area contributed by atoms with Gasteiger partial charge in [-0.15, -0.1) is 0 Å². The molecule has 2 aromatic heterocycles. The average molecular weight is 463 g/mol. The van der Waals surface area contributed by atoms with Crippen molar-refractivity contribution in [3.8, 4) is 0 Å². The van der Waals surface area contributed by atoms with Crippen molar-refractivity contribution in [3.05, 3.63) is 30.4 Å². The van der Waals surface area contributed by atoms with Gasteiger partial charge < -0.3 is 10.4 Å². The summed E-state index contributed by atoms with van der Waals surface area (Å²) in [4.78, 5) is 8.06. The van der Waals surface area contributed by atoms with Crippen molar-refractivity contribution >= 4 is 16.9 Å². The second kappa shape index (κ2) is 11.5. The van der Waals surface area contributed by atoms with Crippen molar-refractivity contribution in [2.75, 3.05) is 25.0 Å². The average Bonchev–Trinajstić information content (AvgIpc) is 3.23. The number of aromatic nitrogens is 4. The molecule has 2 unspecified atom stereocenters. The first kappa shape index (κ1) is 25.2. The van der Waals surface area contributed by atoms with Gasteiger partial charge in [0.1, 0.15) is 11.0 Å². The van der Waals surface area contributed by atoms with Crippen molar-refractivity contribution in [2.45, 2.75) is 57.3 Å². The summed E-state index contributed by atoms with van der Waals surface area (Å²) >= 11 is 0. The normalized spacial score (nSPS) is 17.5. The summed E-state index contributed by atoms with van der Waals surface area (Å²) in [6.45, 7) is 7.62. The Labute approximate surface area is 182 Å². The van der Waals surface area contributed by atoms with Gasteiger partial charge in [0.15, 0.2) is 0 Å². The maximum Gasteiger partial charge on any atom is 0.419 e. The Balaban J connectivity index is 0.00000166. The Morgan fingerprint density at radius 2 is 1.84 bits per heavy atom. The molecule has 31 heavy (non-hydrogen) atoms. The number of rotatable bonds is 7. The third-order valence-corrected chi connectivity index (χ3v) is 6.07. The van der Waals surface area contributed by atoms with Crippen LogP contribution in [0.1, 0.15) is 39.2 Å². The third-order valence-electron chi connectivity index (χ3n) is 4.62. The molecule has 3 heterocycles. The highest BCUT2D eigenvalue weighted by Gasteiger charge is 2.31.